The predicted octanol–water partition coefficient (Wildman–Crippen LogP) is 4.13. The van der Waals surface area contributed by atoms with Gasteiger partial charge in [0.2, 0.25) is 0 Å². The first kappa shape index (κ1) is 18.2. The van der Waals surface area contributed by atoms with Crippen LogP contribution in [0.1, 0.15) is 5.82 Å². The van der Waals surface area contributed by atoms with Gasteiger partial charge in [-0.3, -0.25) is 0 Å². The molecule has 0 atom stereocenters. The van der Waals surface area contributed by atoms with Gasteiger partial charge in [-0.15, -0.1) is 0 Å². The Balaban J connectivity index is 1.47. The van der Waals surface area contributed by atoms with Gasteiger partial charge in [-0.25, -0.2) is 18.7 Å². The van der Waals surface area contributed by atoms with Gasteiger partial charge in [-0.2, -0.15) is 0 Å². The number of aromatic nitrogens is 2. The predicted molar refractivity (Wildman–Crippen MR) is 107 cm³/mol. The highest BCUT2D eigenvalue weighted by Gasteiger charge is 2.19. The van der Waals surface area contributed by atoms with Crippen LogP contribution in [0.15, 0.2) is 54.6 Å². The Kier molecular flexibility index (Phi) is 5.06. The quantitative estimate of drug-likeness (QED) is 0.736. The van der Waals surface area contributed by atoms with Crippen LogP contribution in [0.4, 0.5) is 31.8 Å². The van der Waals surface area contributed by atoms with Crippen molar-refractivity contribution in [3.63, 3.8) is 0 Å². The van der Waals surface area contributed by atoms with Crippen molar-refractivity contribution < 1.29 is 8.78 Å². The van der Waals surface area contributed by atoms with Gasteiger partial charge in [0.15, 0.2) is 0 Å². The number of nitrogens with one attached hydrogen (secondary N) is 1. The molecule has 5 nitrogen and oxygen atoms in total. The molecular formula is C21H21F2N5. The molecule has 0 amide bonds. The Bertz CT molecular complexity index is 953. The van der Waals surface area contributed by atoms with E-state index in [9.17, 15) is 8.78 Å². The maximum Gasteiger partial charge on any atom is 0.146 e. The molecule has 1 aliphatic rings. The van der Waals surface area contributed by atoms with Crippen molar-refractivity contribution in [1.82, 2.24) is 9.97 Å². The molecule has 0 unspecified atom stereocenters. The Morgan fingerprint density at radius 1 is 0.857 bits per heavy atom. The van der Waals surface area contributed by atoms with E-state index in [0.717, 1.165) is 37.7 Å². The lowest BCUT2D eigenvalue weighted by Crippen LogP contribution is -2.46. The van der Waals surface area contributed by atoms with Gasteiger partial charge in [-0.05, 0) is 43.3 Å². The van der Waals surface area contributed by atoms with Gasteiger partial charge >= 0.3 is 0 Å². The largest absolute Gasteiger partial charge is 0.368 e. The monoisotopic (exact) mass is 381 g/mol. The summed E-state index contributed by atoms with van der Waals surface area (Å²) in [6, 6.07) is 14.9. The van der Waals surface area contributed by atoms with E-state index in [1.54, 1.807) is 30.3 Å². The molecule has 1 fully saturated rings. The second-order valence-electron chi connectivity index (χ2n) is 6.71. The fourth-order valence-corrected chi connectivity index (χ4v) is 3.32. The summed E-state index contributed by atoms with van der Waals surface area (Å²) in [5, 5.41) is 3.03. The highest BCUT2D eigenvalue weighted by Crippen LogP contribution is 2.24. The summed E-state index contributed by atoms with van der Waals surface area (Å²) in [5.41, 5.74) is 1.40. The zero-order chi connectivity index (χ0) is 19.5. The maximum absolute atomic E-state index is 13.9. The standard InChI is InChI=1S/C21H21F2N5/c1-15-24-20(26-19-5-3-2-4-18(19)23)14-21(25-15)28-12-10-27(11-13-28)17-8-6-16(22)7-9-17/h2-9,14H,10-13H2,1H3,(H,24,25,26). The van der Waals surface area contributed by atoms with E-state index in [1.165, 1.54) is 18.2 Å². The highest BCUT2D eigenvalue weighted by molar-refractivity contribution is 5.60. The maximum atomic E-state index is 13.9. The fourth-order valence-electron chi connectivity index (χ4n) is 3.32. The Labute approximate surface area is 162 Å². The SMILES string of the molecule is Cc1nc(Nc2ccccc2F)cc(N2CCN(c3ccc(F)cc3)CC2)n1. The van der Waals surface area contributed by atoms with E-state index in [2.05, 4.69) is 25.1 Å². The molecule has 0 spiro atoms. The average Bonchev–Trinajstić information content (AvgIpc) is 2.70. The second kappa shape index (κ2) is 7.80. The van der Waals surface area contributed by atoms with E-state index in [1.807, 2.05) is 13.0 Å². The fraction of sp³-hybridized carbons (Fsp3) is 0.238. The molecule has 1 saturated heterocycles. The van der Waals surface area contributed by atoms with E-state index in [-0.39, 0.29) is 11.6 Å². The molecule has 1 aromatic heterocycles. The van der Waals surface area contributed by atoms with Crippen LogP contribution in [-0.2, 0) is 0 Å². The van der Waals surface area contributed by atoms with Crippen molar-refractivity contribution in [3.05, 3.63) is 72.1 Å². The van der Waals surface area contributed by atoms with Gasteiger partial charge < -0.3 is 15.1 Å². The number of nitrogens with zero attached hydrogens (tertiary/aromatic N) is 4. The van der Waals surface area contributed by atoms with Gasteiger partial charge in [0.25, 0.3) is 0 Å². The molecule has 2 aromatic carbocycles. The molecule has 4 rings (SSSR count). The third-order valence-electron chi connectivity index (χ3n) is 4.76. The first-order valence-electron chi connectivity index (χ1n) is 9.21. The van der Waals surface area contributed by atoms with Crippen molar-refractivity contribution in [2.45, 2.75) is 6.92 Å². The lowest BCUT2D eigenvalue weighted by Gasteiger charge is -2.36. The molecule has 0 aliphatic carbocycles. The summed E-state index contributed by atoms with van der Waals surface area (Å²) in [7, 11) is 0. The number of para-hydroxylation sites is 1. The molecule has 7 heteroatoms. The van der Waals surface area contributed by atoms with E-state index >= 15 is 0 Å². The van der Waals surface area contributed by atoms with Crippen molar-refractivity contribution in [1.29, 1.82) is 0 Å². The summed E-state index contributed by atoms with van der Waals surface area (Å²) >= 11 is 0. The van der Waals surface area contributed by atoms with Crippen LogP contribution in [0, 0.1) is 18.6 Å². The first-order chi connectivity index (χ1) is 13.6. The first-order valence-corrected chi connectivity index (χ1v) is 9.21. The highest BCUT2D eigenvalue weighted by atomic mass is 19.1. The van der Waals surface area contributed by atoms with Crippen LogP contribution >= 0.6 is 0 Å². The Morgan fingerprint density at radius 3 is 2.25 bits per heavy atom. The van der Waals surface area contributed by atoms with Crippen LogP contribution in [0.3, 0.4) is 0 Å². The van der Waals surface area contributed by atoms with Crippen molar-refractivity contribution >= 4 is 23.0 Å². The van der Waals surface area contributed by atoms with E-state index < -0.39 is 0 Å². The van der Waals surface area contributed by atoms with Gasteiger partial charge in [0.05, 0.1) is 5.69 Å². The van der Waals surface area contributed by atoms with Gasteiger partial charge in [-0.1, -0.05) is 12.1 Å². The molecular weight excluding hydrogens is 360 g/mol. The molecule has 1 aliphatic heterocycles. The molecule has 0 radical (unpaired) electrons. The number of hydrogen-bond acceptors (Lipinski definition) is 5. The number of piperazine rings is 1. The minimum atomic E-state index is -0.326. The van der Waals surface area contributed by atoms with E-state index in [0.29, 0.717) is 17.3 Å². The van der Waals surface area contributed by atoms with Crippen LogP contribution in [0.2, 0.25) is 0 Å². The zero-order valence-electron chi connectivity index (χ0n) is 15.6. The lowest BCUT2D eigenvalue weighted by molar-refractivity contribution is 0.624. The van der Waals surface area contributed by atoms with E-state index in [4.69, 9.17) is 0 Å². The Morgan fingerprint density at radius 2 is 1.54 bits per heavy atom. The molecule has 1 N–H and O–H groups in total. The van der Waals surface area contributed by atoms with Crippen molar-refractivity contribution in [2.24, 2.45) is 0 Å². The second-order valence-corrected chi connectivity index (χ2v) is 6.71. The summed E-state index contributed by atoms with van der Waals surface area (Å²) in [4.78, 5) is 13.3. The number of anilines is 4. The third kappa shape index (κ3) is 4.03. The van der Waals surface area contributed by atoms with Crippen molar-refractivity contribution in [3.8, 4) is 0 Å². The molecule has 0 saturated carbocycles. The minimum absolute atomic E-state index is 0.228. The third-order valence-corrected chi connectivity index (χ3v) is 4.76. The normalized spacial score (nSPS) is 14.2. The number of halogens is 2. The number of benzene rings is 2. The van der Waals surface area contributed by atoms with Gasteiger partial charge in [0.1, 0.15) is 29.1 Å². The van der Waals surface area contributed by atoms with Crippen LogP contribution in [0.25, 0.3) is 0 Å². The summed E-state index contributed by atoms with van der Waals surface area (Å²) in [5.74, 6) is 1.44. The van der Waals surface area contributed by atoms with Crippen LogP contribution in [-0.4, -0.2) is 36.1 Å². The molecule has 28 heavy (non-hydrogen) atoms. The summed E-state index contributed by atoms with van der Waals surface area (Å²) in [6.45, 7) is 5.01. The number of hydrogen-bond donors (Lipinski definition) is 1. The number of aryl methyl sites for hydroxylation is 1. The van der Waals surface area contributed by atoms with Crippen LogP contribution < -0.4 is 15.1 Å². The molecule has 3 aromatic rings. The van der Waals surface area contributed by atoms with Crippen LogP contribution in [0.5, 0.6) is 0 Å². The molecule has 144 valence electrons. The minimum Gasteiger partial charge on any atom is -0.368 e. The summed E-state index contributed by atoms with van der Waals surface area (Å²) < 4.78 is 27.0. The topological polar surface area (TPSA) is 44.3 Å². The zero-order valence-corrected chi connectivity index (χ0v) is 15.6. The molecule has 0 bridgehead atoms. The van der Waals surface area contributed by atoms with Crippen molar-refractivity contribution in [2.75, 3.05) is 41.3 Å². The molecule has 2 heterocycles. The summed E-state index contributed by atoms with van der Waals surface area (Å²) in [6.07, 6.45) is 0. The average molecular weight is 381 g/mol. The lowest BCUT2D eigenvalue weighted by atomic mass is 10.2. The smallest absolute Gasteiger partial charge is 0.146 e. The Hall–Kier alpha value is -3.22. The number of rotatable bonds is 4. The van der Waals surface area contributed by atoms with Gasteiger partial charge in [0, 0.05) is 37.9 Å².